The number of benzene rings is 1. The summed E-state index contributed by atoms with van der Waals surface area (Å²) < 4.78 is 5.46. The standard InChI is InChI=1S/C12H15N3O3/c1-2-18-10-4-3-8(13)7-9(10)15-6-5-11(16)14-12(15)17/h3-4,7H,2,5-6,13H2,1H3,(H,14,16,17). The highest BCUT2D eigenvalue weighted by Crippen LogP contribution is 2.31. The summed E-state index contributed by atoms with van der Waals surface area (Å²) in [5, 5.41) is 2.27. The molecule has 0 spiro atoms. The normalized spacial score (nSPS) is 15.5. The molecular weight excluding hydrogens is 234 g/mol. The van der Waals surface area contributed by atoms with Gasteiger partial charge in [0.25, 0.3) is 0 Å². The first-order valence-electron chi connectivity index (χ1n) is 5.75. The van der Waals surface area contributed by atoms with Gasteiger partial charge in [0.05, 0.1) is 12.3 Å². The zero-order valence-electron chi connectivity index (χ0n) is 10.1. The van der Waals surface area contributed by atoms with Crippen LogP contribution in [0.5, 0.6) is 5.75 Å². The van der Waals surface area contributed by atoms with Gasteiger partial charge in [-0.2, -0.15) is 0 Å². The first-order valence-corrected chi connectivity index (χ1v) is 5.75. The molecule has 0 aliphatic carbocycles. The maximum absolute atomic E-state index is 11.8. The van der Waals surface area contributed by atoms with E-state index in [4.69, 9.17) is 10.5 Å². The molecule has 1 fully saturated rings. The van der Waals surface area contributed by atoms with E-state index in [1.807, 2.05) is 6.92 Å². The van der Waals surface area contributed by atoms with Crippen LogP contribution in [0, 0.1) is 0 Å². The van der Waals surface area contributed by atoms with Gasteiger partial charge in [0.15, 0.2) is 0 Å². The predicted octanol–water partition coefficient (Wildman–Crippen LogP) is 1.11. The SMILES string of the molecule is CCOc1ccc(N)cc1N1CCC(=O)NC1=O. The first kappa shape index (κ1) is 12.2. The predicted molar refractivity (Wildman–Crippen MR) is 67.5 cm³/mol. The summed E-state index contributed by atoms with van der Waals surface area (Å²) in [5.41, 5.74) is 6.85. The number of nitrogen functional groups attached to an aromatic ring is 1. The molecule has 0 radical (unpaired) electrons. The van der Waals surface area contributed by atoms with E-state index < -0.39 is 6.03 Å². The lowest BCUT2D eigenvalue weighted by Gasteiger charge is -2.28. The third-order valence-electron chi connectivity index (χ3n) is 2.63. The summed E-state index contributed by atoms with van der Waals surface area (Å²) in [5.74, 6) is 0.314. The second-order valence-electron chi connectivity index (χ2n) is 3.92. The molecule has 3 amide bonds. The van der Waals surface area contributed by atoms with Gasteiger partial charge in [0.2, 0.25) is 5.91 Å². The van der Waals surface area contributed by atoms with Crippen LogP contribution in [0.1, 0.15) is 13.3 Å². The van der Waals surface area contributed by atoms with Gasteiger partial charge in [-0.25, -0.2) is 4.79 Å². The highest BCUT2D eigenvalue weighted by atomic mass is 16.5. The first-order chi connectivity index (χ1) is 8.61. The molecule has 1 saturated heterocycles. The minimum Gasteiger partial charge on any atom is -0.492 e. The molecule has 1 aromatic rings. The summed E-state index contributed by atoms with van der Waals surface area (Å²) in [6.45, 7) is 2.68. The molecule has 2 rings (SSSR count). The Bertz CT molecular complexity index is 487. The third-order valence-corrected chi connectivity index (χ3v) is 2.63. The van der Waals surface area contributed by atoms with E-state index >= 15 is 0 Å². The third kappa shape index (κ3) is 2.37. The van der Waals surface area contributed by atoms with Crippen molar-refractivity contribution in [1.82, 2.24) is 5.32 Å². The van der Waals surface area contributed by atoms with Crippen LogP contribution in [-0.2, 0) is 4.79 Å². The molecular formula is C12H15N3O3. The van der Waals surface area contributed by atoms with Gasteiger partial charge in [-0.15, -0.1) is 0 Å². The van der Waals surface area contributed by atoms with E-state index in [0.29, 0.717) is 30.3 Å². The molecule has 0 saturated carbocycles. The highest BCUT2D eigenvalue weighted by Gasteiger charge is 2.26. The van der Waals surface area contributed by atoms with Gasteiger partial charge < -0.3 is 10.5 Å². The molecule has 0 unspecified atom stereocenters. The maximum Gasteiger partial charge on any atom is 0.328 e. The Labute approximate surface area is 105 Å². The Balaban J connectivity index is 2.33. The van der Waals surface area contributed by atoms with Crippen LogP contribution in [-0.4, -0.2) is 25.1 Å². The van der Waals surface area contributed by atoms with Gasteiger partial charge >= 0.3 is 6.03 Å². The number of nitrogens with zero attached hydrogens (tertiary/aromatic N) is 1. The molecule has 0 atom stereocenters. The number of rotatable bonds is 3. The molecule has 3 N–H and O–H groups in total. The van der Waals surface area contributed by atoms with E-state index in [-0.39, 0.29) is 12.3 Å². The fourth-order valence-corrected chi connectivity index (χ4v) is 1.82. The van der Waals surface area contributed by atoms with Crippen molar-refractivity contribution in [3.05, 3.63) is 18.2 Å². The number of hydrogen-bond acceptors (Lipinski definition) is 4. The maximum atomic E-state index is 11.8. The van der Waals surface area contributed by atoms with Crippen molar-refractivity contribution < 1.29 is 14.3 Å². The fourth-order valence-electron chi connectivity index (χ4n) is 1.82. The molecule has 6 nitrogen and oxygen atoms in total. The van der Waals surface area contributed by atoms with Gasteiger partial charge in [-0.3, -0.25) is 15.0 Å². The van der Waals surface area contributed by atoms with Crippen molar-refractivity contribution in [2.45, 2.75) is 13.3 Å². The molecule has 6 heteroatoms. The number of anilines is 2. The summed E-state index contributed by atoms with van der Waals surface area (Å²) in [6.07, 6.45) is 0.270. The zero-order chi connectivity index (χ0) is 13.1. The van der Waals surface area contributed by atoms with Crippen LogP contribution in [0.25, 0.3) is 0 Å². The number of ether oxygens (including phenoxy) is 1. The summed E-state index contributed by atoms with van der Waals surface area (Å²) >= 11 is 0. The van der Waals surface area contributed by atoms with Crippen molar-refractivity contribution in [2.24, 2.45) is 0 Å². The van der Waals surface area contributed by atoms with Crippen molar-refractivity contribution in [2.75, 3.05) is 23.8 Å². The molecule has 1 heterocycles. The van der Waals surface area contributed by atoms with Crippen molar-refractivity contribution >= 4 is 23.3 Å². The molecule has 1 aliphatic heterocycles. The topological polar surface area (TPSA) is 84.7 Å². The number of nitrogens with two attached hydrogens (primary N) is 1. The Kier molecular flexibility index (Phi) is 3.36. The minimum absolute atomic E-state index is 0.266. The van der Waals surface area contributed by atoms with Gasteiger partial charge in [0.1, 0.15) is 5.75 Å². The Morgan fingerprint density at radius 2 is 2.22 bits per heavy atom. The van der Waals surface area contributed by atoms with Gasteiger partial charge in [-0.1, -0.05) is 0 Å². The lowest BCUT2D eigenvalue weighted by atomic mass is 10.2. The average Bonchev–Trinajstić information content (AvgIpc) is 2.32. The summed E-state index contributed by atoms with van der Waals surface area (Å²) in [6, 6.07) is 4.65. The number of carbonyl (C=O) groups is 2. The van der Waals surface area contributed by atoms with Crippen LogP contribution in [0.2, 0.25) is 0 Å². The summed E-state index contributed by atoms with van der Waals surface area (Å²) in [7, 11) is 0. The number of hydrogen-bond donors (Lipinski definition) is 2. The number of amides is 3. The molecule has 96 valence electrons. The fraction of sp³-hybridized carbons (Fsp3) is 0.333. The molecule has 0 bridgehead atoms. The second kappa shape index (κ2) is 4.95. The van der Waals surface area contributed by atoms with E-state index in [1.54, 1.807) is 18.2 Å². The van der Waals surface area contributed by atoms with Crippen LogP contribution < -0.4 is 20.7 Å². The van der Waals surface area contributed by atoms with Crippen LogP contribution in [0.15, 0.2) is 18.2 Å². The Hall–Kier alpha value is -2.24. The van der Waals surface area contributed by atoms with E-state index in [2.05, 4.69) is 5.32 Å². The minimum atomic E-state index is -0.446. The van der Waals surface area contributed by atoms with Gasteiger partial charge in [-0.05, 0) is 25.1 Å². The second-order valence-corrected chi connectivity index (χ2v) is 3.92. The molecule has 1 aliphatic rings. The quantitative estimate of drug-likeness (QED) is 0.786. The summed E-state index contributed by atoms with van der Waals surface area (Å²) in [4.78, 5) is 24.3. The van der Waals surface area contributed by atoms with Crippen LogP contribution >= 0.6 is 0 Å². The smallest absolute Gasteiger partial charge is 0.328 e. The van der Waals surface area contributed by atoms with E-state index in [9.17, 15) is 9.59 Å². The largest absolute Gasteiger partial charge is 0.492 e. The highest BCUT2D eigenvalue weighted by molar-refractivity contribution is 6.06. The molecule has 0 aromatic heterocycles. The number of urea groups is 1. The lowest BCUT2D eigenvalue weighted by molar-refractivity contribution is -0.120. The Morgan fingerprint density at radius 1 is 1.44 bits per heavy atom. The van der Waals surface area contributed by atoms with Crippen molar-refractivity contribution in [3.63, 3.8) is 0 Å². The lowest BCUT2D eigenvalue weighted by Crippen LogP contribution is -2.49. The zero-order valence-corrected chi connectivity index (χ0v) is 10.1. The molecule has 18 heavy (non-hydrogen) atoms. The monoisotopic (exact) mass is 249 g/mol. The van der Waals surface area contributed by atoms with E-state index in [1.165, 1.54) is 4.90 Å². The molecule has 1 aromatic carbocycles. The van der Waals surface area contributed by atoms with Crippen LogP contribution in [0.3, 0.4) is 0 Å². The van der Waals surface area contributed by atoms with E-state index in [0.717, 1.165) is 0 Å². The number of imide groups is 1. The van der Waals surface area contributed by atoms with Gasteiger partial charge in [0, 0.05) is 18.7 Å². The number of nitrogens with one attached hydrogen (secondary N) is 1. The average molecular weight is 249 g/mol. The number of carbonyl (C=O) groups excluding carboxylic acids is 2. The van der Waals surface area contributed by atoms with Crippen molar-refractivity contribution in [1.29, 1.82) is 0 Å². The van der Waals surface area contributed by atoms with Crippen molar-refractivity contribution in [3.8, 4) is 5.75 Å². The van der Waals surface area contributed by atoms with Crippen LogP contribution in [0.4, 0.5) is 16.2 Å². The Morgan fingerprint density at radius 3 is 2.89 bits per heavy atom.